The SMILES string of the molecule is CN(C)c1ccc(-c2c(O)n(C)[nH]c2=O)cc1. The summed E-state index contributed by atoms with van der Waals surface area (Å²) in [4.78, 5) is 13.6. The van der Waals surface area contributed by atoms with Crippen LogP contribution in [-0.4, -0.2) is 29.0 Å². The molecule has 1 aromatic heterocycles. The van der Waals surface area contributed by atoms with Gasteiger partial charge >= 0.3 is 0 Å². The molecule has 0 unspecified atom stereocenters. The third-order valence-corrected chi connectivity index (χ3v) is 2.71. The number of hydrogen-bond acceptors (Lipinski definition) is 3. The Balaban J connectivity index is 2.50. The first-order chi connectivity index (χ1) is 8.00. The van der Waals surface area contributed by atoms with Gasteiger partial charge in [-0.2, -0.15) is 0 Å². The second-order valence-corrected chi connectivity index (χ2v) is 4.14. The summed E-state index contributed by atoms with van der Waals surface area (Å²) in [6.07, 6.45) is 0. The van der Waals surface area contributed by atoms with Crippen LogP contribution in [0.25, 0.3) is 11.1 Å². The first-order valence-electron chi connectivity index (χ1n) is 5.26. The van der Waals surface area contributed by atoms with Crippen molar-refractivity contribution in [3.63, 3.8) is 0 Å². The van der Waals surface area contributed by atoms with Gasteiger partial charge in [0, 0.05) is 26.8 Å². The van der Waals surface area contributed by atoms with Crippen LogP contribution in [0.4, 0.5) is 5.69 Å². The summed E-state index contributed by atoms with van der Waals surface area (Å²) in [7, 11) is 5.48. The van der Waals surface area contributed by atoms with E-state index in [9.17, 15) is 9.90 Å². The van der Waals surface area contributed by atoms with Crippen molar-refractivity contribution < 1.29 is 5.11 Å². The number of nitrogens with one attached hydrogen (secondary N) is 1. The Kier molecular flexibility index (Phi) is 2.67. The normalized spacial score (nSPS) is 10.5. The van der Waals surface area contributed by atoms with Gasteiger partial charge in [0.15, 0.2) is 0 Å². The third-order valence-electron chi connectivity index (χ3n) is 2.71. The summed E-state index contributed by atoms with van der Waals surface area (Å²) in [6, 6.07) is 7.45. The van der Waals surface area contributed by atoms with Gasteiger partial charge < -0.3 is 10.0 Å². The second kappa shape index (κ2) is 4.01. The van der Waals surface area contributed by atoms with Crippen molar-refractivity contribution in [3.8, 4) is 17.0 Å². The van der Waals surface area contributed by atoms with Gasteiger partial charge in [-0.1, -0.05) is 12.1 Å². The maximum absolute atomic E-state index is 11.6. The molecule has 0 spiro atoms. The highest BCUT2D eigenvalue weighted by Gasteiger charge is 2.13. The number of nitrogens with zero attached hydrogens (tertiary/aromatic N) is 2. The van der Waals surface area contributed by atoms with Crippen LogP contribution in [0.15, 0.2) is 29.1 Å². The molecule has 0 radical (unpaired) electrons. The minimum Gasteiger partial charge on any atom is -0.493 e. The van der Waals surface area contributed by atoms with E-state index in [1.165, 1.54) is 4.68 Å². The van der Waals surface area contributed by atoms with Gasteiger partial charge in [-0.25, -0.2) is 0 Å². The Morgan fingerprint density at radius 3 is 2.24 bits per heavy atom. The van der Waals surface area contributed by atoms with E-state index in [2.05, 4.69) is 5.10 Å². The van der Waals surface area contributed by atoms with E-state index in [4.69, 9.17) is 0 Å². The van der Waals surface area contributed by atoms with Crippen LogP contribution in [-0.2, 0) is 7.05 Å². The first-order valence-corrected chi connectivity index (χ1v) is 5.26. The number of anilines is 1. The summed E-state index contributed by atoms with van der Waals surface area (Å²) in [5.41, 5.74) is 1.76. The topological polar surface area (TPSA) is 61.3 Å². The summed E-state index contributed by atoms with van der Waals surface area (Å²) >= 11 is 0. The van der Waals surface area contributed by atoms with E-state index < -0.39 is 0 Å². The zero-order chi connectivity index (χ0) is 12.6. The van der Waals surface area contributed by atoms with Crippen molar-refractivity contribution in [2.45, 2.75) is 0 Å². The monoisotopic (exact) mass is 233 g/mol. The van der Waals surface area contributed by atoms with Crippen molar-refractivity contribution in [3.05, 3.63) is 34.6 Å². The van der Waals surface area contributed by atoms with Crippen molar-refractivity contribution in [2.24, 2.45) is 7.05 Å². The molecule has 2 aromatic rings. The Bertz CT molecular complexity index is 579. The zero-order valence-electron chi connectivity index (χ0n) is 10.1. The van der Waals surface area contributed by atoms with E-state index in [-0.39, 0.29) is 11.4 Å². The number of aromatic nitrogens is 2. The van der Waals surface area contributed by atoms with Gasteiger partial charge in [-0.3, -0.25) is 14.6 Å². The molecule has 5 heteroatoms. The van der Waals surface area contributed by atoms with Gasteiger partial charge in [-0.05, 0) is 17.7 Å². The van der Waals surface area contributed by atoms with Crippen molar-refractivity contribution >= 4 is 5.69 Å². The lowest BCUT2D eigenvalue weighted by molar-refractivity contribution is 0.420. The molecule has 2 N–H and O–H groups in total. The van der Waals surface area contributed by atoms with Gasteiger partial charge in [0.05, 0.1) is 0 Å². The fourth-order valence-electron chi connectivity index (χ4n) is 1.72. The lowest BCUT2D eigenvalue weighted by Gasteiger charge is -2.12. The zero-order valence-corrected chi connectivity index (χ0v) is 10.1. The molecule has 5 nitrogen and oxygen atoms in total. The van der Waals surface area contributed by atoms with E-state index in [0.717, 1.165) is 5.69 Å². The van der Waals surface area contributed by atoms with Crippen LogP contribution in [0.3, 0.4) is 0 Å². The molecule has 0 aliphatic rings. The molecule has 1 aromatic carbocycles. The summed E-state index contributed by atoms with van der Waals surface area (Å²) in [6.45, 7) is 0. The van der Waals surface area contributed by atoms with Crippen LogP contribution in [0.2, 0.25) is 0 Å². The van der Waals surface area contributed by atoms with Crippen LogP contribution in [0.5, 0.6) is 5.88 Å². The predicted molar refractivity (Wildman–Crippen MR) is 67.5 cm³/mol. The van der Waals surface area contributed by atoms with E-state index in [1.807, 2.05) is 43.3 Å². The van der Waals surface area contributed by atoms with Crippen LogP contribution >= 0.6 is 0 Å². The maximum Gasteiger partial charge on any atom is 0.275 e. The molecule has 17 heavy (non-hydrogen) atoms. The number of aromatic hydroxyl groups is 1. The first kappa shape index (κ1) is 11.3. The highest BCUT2D eigenvalue weighted by molar-refractivity contribution is 5.69. The van der Waals surface area contributed by atoms with E-state index >= 15 is 0 Å². The molecule has 0 aliphatic carbocycles. The van der Waals surface area contributed by atoms with Gasteiger partial charge in [-0.15, -0.1) is 0 Å². The van der Waals surface area contributed by atoms with Crippen molar-refractivity contribution in [1.29, 1.82) is 0 Å². The maximum atomic E-state index is 11.6. The van der Waals surface area contributed by atoms with E-state index in [1.54, 1.807) is 7.05 Å². The summed E-state index contributed by atoms with van der Waals surface area (Å²) in [5.74, 6) is -0.0485. The fraction of sp³-hybridized carbons (Fsp3) is 0.250. The molecule has 0 fully saturated rings. The highest BCUT2D eigenvalue weighted by Crippen LogP contribution is 2.26. The van der Waals surface area contributed by atoms with Gasteiger partial charge in [0.25, 0.3) is 5.56 Å². The average molecular weight is 233 g/mol. The number of H-pyrrole nitrogens is 1. The molecule has 0 amide bonds. The van der Waals surface area contributed by atoms with Gasteiger partial charge in [0.2, 0.25) is 5.88 Å². The lowest BCUT2D eigenvalue weighted by Crippen LogP contribution is -2.08. The lowest BCUT2D eigenvalue weighted by atomic mass is 10.1. The van der Waals surface area contributed by atoms with Crippen LogP contribution in [0, 0.1) is 0 Å². The molecule has 0 saturated heterocycles. The molecule has 90 valence electrons. The van der Waals surface area contributed by atoms with Crippen LogP contribution < -0.4 is 10.5 Å². The fourth-order valence-corrected chi connectivity index (χ4v) is 1.72. The Labute approximate surface area is 98.9 Å². The number of aryl methyl sites for hydroxylation is 1. The Hall–Kier alpha value is -2.17. The Morgan fingerprint density at radius 2 is 1.82 bits per heavy atom. The third kappa shape index (κ3) is 1.91. The molecule has 2 rings (SSSR count). The van der Waals surface area contributed by atoms with Gasteiger partial charge in [0.1, 0.15) is 5.56 Å². The second-order valence-electron chi connectivity index (χ2n) is 4.14. The molecule has 1 heterocycles. The number of benzene rings is 1. The highest BCUT2D eigenvalue weighted by atomic mass is 16.3. The molecular weight excluding hydrogens is 218 g/mol. The molecule has 0 bridgehead atoms. The predicted octanol–water partition coefficient (Wildman–Crippen LogP) is 1.15. The van der Waals surface area contributed by atoms with E-state index in [0.29, 0.717) is 11.1 Å². The number of hydrogen-bond donors (Lipinski definition) is 2. The Morgan fingerprint density at radius 1 is 1.24 bits per heavy atom. The molecule has 0 atom stereocenters. The summed E-state index contributed by atoms with van der Waals surface area (Å²) < 4.78 is 1.30. The minimum absolute atomic E-state index is 0.0485. The quantitative estimate of drug-likeness (QED) is 0.818. The molecule has 0 saturated carbocycles. The van der Waals surface area contributed by atoms with Crippen LogP contribution in [0.1, 0.15) is 0 Å². The van der Waals surface area contributed by atoms with Crippen molar-refractivity contribution in [1.82, 2.24) is 9.78 Å². The number of rotatable bonds is 2. The standard InChI is InChI=1S/C12H15N3O2/c1-14(2)9-6-4-8(5-7-9)10-11(16)13-15(3)12(10)17/h4-7,17H,1-3H3,(H,13,16). The summed E-state index contributed by atoms with van der Waals surface area (Å²) in [5, 5.41) is 12.3. The van der Waals surface area contributed by atoms with Crippen molar-refractivity contribution in [2.75, 3.05) is 19.0 Å². The number of aromatic amines is 1. The average Bonchev–Trinajstić information content (AvgIpc) is 2.53. The largest absolute Gasteiger partial charge is 0.493 e. The molecule has 0 aliphatic heterocycles. The molecular formula is C12H15N3O2. The minimum atomic E-state index is -0.289. The smallest absolute Gasteiger partial charge is 0.275 e.